The van der Waals surface area contributed by atoms with E-state index in [0.717, 1.165) is 0 Å². The molecule has 0 aliphatic rings. The van der Waals surface area contributed by atoms with E-state index in [1.54, 1.807) is 12.1 Å². The van der Waals surface area contributed by atoms with Gasteiger partial charge >= 0.3 is 0 Å². The molecule has 3 aromatic carbocycles. The highest BCUT2D eigenvalue weighted by Crippen LogP contribution is 2.40. The van der Waals surface area contributed by atoms with Crippen LogP contribution in [0.2, 0.25) is 15.1 Å². The second kappa shape index (κ2) is 9.36. The summed E-state index contributed by atoms with van der Waals surface area (Å²) in [5, 5.41) is 27.7. The lowest BCUT2D eigenvalue weighted by molar-refractivity contribution is -0.384. The largest absolute Gasteiger partial charge is 0.504 e. The minimum absolute atomic E-state index is 0.0383. The number of nitro benzene ring substituents is 1. The fraction of sp³-hybridized carbons (Fsp3) is 0. The van der Waals surface area contributed by atoms with Crippen molar-refractivity contribution in [2.45, 2.75) is 0 Å². The Labute approximate surface area is 191 Å². The number of rotatable bonds is 5. The Hall–Kier alpha value is -2.78. The molecule has 0 aromatic heterocycles. The molecule has 0 fully saturated rings. The number of nitrogens with one attached hydrogen (secondary N) is 2. The Morgan fingerprint density at radius 1 is 0.967 bits per heavy atom. The number of hydrogen-bond donors (Lipinski definition) is 3. The summed E-state index contributed by atoms with van der Waals surface area (Å²) in [6.07, 6.45) is 0. The minimum atomic E-state index is -0.495. The number of anilines is 2. The third-order valence-corrected chi connectivity index (χ3v) is 4.79. The van der Waals surface area contributed by atoms with E-state index >= 15 is 0 Å². The molecule has 0 heterocycles. The van der Waals surface area contributed by atoms with Gasteiger partial charge in [0, 0.05) is 35.0 Å². The first kappa shape index (κ1) is 21.9. The highest BCUT2D eigenvalue weighted by atomic mass is 35.5. The van der Waals surface area contributed by atoms with Gasteiger partial charge in [0.1, 0.15) is 5.75 Å². The molecule has 0 radical (unpaired) electrons. The molecule has 0 unspecified atom stereocenters. The maximum atomic E-state index is 10.7. The minimum Gasteiger partial charge on any atom is -0.504 e. The van der Waals surface area contributed by atoms with Crippen LogP contribution in [0.3, 0.4) is 0 Å². The SMILES string of the molecule is O=[N+]([O-])c1ccc(NC(=S)Nc2cc(Oc3ccc(Cl)cc3Cl)c(O)cc2Cl)cc1. The predicted octanol–water partition coefficient (Wildman–Crippen LogP) is 6.86. The quantitative estimate of drug-likeness (QED) is 0.157. The fourth-order valence-electron chi connectivity index (χ4n) is 2.35. The molecule has 0 saturated heterocycles. The number of thiocarbonyl (C=S) groups is 1. The number of aromatic hydroxyl groups is 1. The second-order valence-electron chi connectivity index (χ2n) is 5.86. The summed E-state index contributed by atoms with van der Waals surface area (Å²) in [4.78, 5) is 10.2. The van der Waals surface area contributed by atoms with E-state index in [0.29, 0.717) is 16.4 Å². The predicted molar refractivity (Wildman–Crippen MR) is 123 cm³/mol. The number of nitrogens with zero attached hydrogens (tertiary/aromatic N) is 1. The third-order valence-electron chi connectivity index (χ3n) is 3.75. The van der Waals surface area contributed by atoms with Gasteiger partial charge in [-0.1, -0.05) is 34.8 Å². The van der Waals surface area contributed by atoms with Gasteiger partial charge in [0.2, 0.25) is 0 Å². The Balaban J connectivity index is 1.76. The first-order valence-electron chi connectivity index (χ1n) is 8.21. The van der Waals surface area contributed by atoms with Gasteiger partial charge in [0.15, 0.2) is 16.6 Å². The van der Waals surface area contributed by atoms with Crippen molar-refractivity contribution < 1.29 is 14.8 Å². The first-order valence-corrected chi connectivity index (χ1v) is 9.75. The molecular formula is C19H12Cl3N3O4S. The Morgan fingerprint density at radius 2 is 1.67 bits per heavy atom. The molecule has 30 heavy (non-hydrogen) atoms. The van der Waals surface area contributed by atoms with Crippen LogP contribution in [0.1, 0.15) is 0 Å². The molecule has 0 saturated carbocycles. The summed E-state index contributed by atoms with van der Waals surface area (Å²) < 4.78 is 5.66. The van der Waals surface area contributed by atoms with Crippen LogP contribution in [0.25, 0.3) is 0 Å². The number of phenols is 1. The molecule has 3 aromatic rings. The standard InChI is InChI=1S/C19H12Cl3N3O4S/c20-10-1-6-17(14(22)7-10)29-18-9-15(13(21)8-16(18)26)24-19(30)23-11-2-4-12(5-3-11)25(27)28/h1-9,26H,(H2,23,24,30). The van der Waals surface area contributed by atoms with Crippen LogP contribution >= 0.6 is 47.0 Å². The molecule has 0 bridgehead atoms. The van der Waals surface area contributed by atoms with Crippen LogP contribution in [-0.2, 0) is 0 Å². The van der Waals surface area contributed by atoms with Gasteiger partial charge in [-0.2, -0.15) is 0 Å². The Bertz CT molecular complexity index is 1130. The number of hydrogen-bond acceptors (Lipinski definition) is 5. The molecule has 0 atom stereocenters. The van der Waals surface area contributed by atoms with Gasteiger partial charge in [-0.05, 0) is 42.5 Å². The van der Waals surface area contributed by atoms with Crippen molar-refractivity contribution in [1.29, 1.82) is 0 Å². The lowest BCUT2D eigenvalue weighted by Gasteiger charge is -2.15. The third kappa shape index (κ3) is 5.43. The lowest BCUT2D eigenvalue weighted by Crippen LogP contribution is -2.19. The molecule has 0 aliphatic heterocycles. The smallest absolute Gasteiger partial charge is 0.269 e. The average molecular weight is 485 g/mol. The summed E-state index contributed by atoms with van der Waals surface area (Å²) in [7, 11) is 0. The fourth-order valence-corrected chi connectivity index (χ4v) is 3.23. The Morgan fingerprint density at radius 3 is 2.30 bits per heavy atom. The van der Waals surface area contributed by atoms with Crippen molar-refractivity contribution in [2.24, 2.45) is 0 Å². The van der Waals surface area contributed by atoms with E-state index in [1.165, 1.54) is 42.5 Å². The summed E-state index contributed by atoms with van der Waals surface area (Å²) in [6.45, 7) is 0. The first-order chi connectivity index (χ1) is 14.2. The number of halogens is 3. The zero-order chi connectivity index (χ0) is 21.8. The molecule has 0 spiro atoms. The zero-order valence-corrected chi connectivity index (χ0v) is 17.9. The number of benzene rings is 3. The second-order valence-corrected chi connectivity index (χ2v) is 7.52. The number of nitro groups is 1. The van der Waals surface area contributed by atoms with Crippen molar-refractivity contribution in [3.8, 4) is 17.2 Å². The van der Waals surface area contributed by atoms with Crippen LogP contribution in [0.4, 0.5) is 17.1 Å². The maximum Gasteiger partial charge on any atom is 0.269 e. The molecule has 3 rings (SSSR count). The summed E-state index contributed by atoms with van der Waals surface area (Å²) in [5.74, 6) is 0.172. The molecule has 0 aliphatic carbocycles. The highest BCUT2D eigenvalue weighted by molar-refractivity contribution is 7.80. The van der Waals surface area contributed by atoms with Crippen molar-refractivity contribution in [3.63, 3.8) is 0 Å². The average Bonchev–Trinajstić information content (AvgIpc) is 2.68. The van der Waals surface area contributed by atoms with E-state index in [4.69, 9.17) is 51.8 Å². The topological polar surface area (TPSA) is 96.7 Å². The van der Waals surface area contributed by atoms with Crippen LogP contribution in [0, 0.1) is 10.1 Å². The van der Waals surface area contributed by atoms with Crippen molar-refractivity contribution in [1.82, 2.24) is 0 Å². The molecule has 7 nitrogen and oxygen atoms in total. The number of phenolic OH excluding ortho intramolecular Hbond substituents is 1. The molecular weight excluding hydrogens is 473 g/mol. The van der Waals surface area contributed by atoms with E-state index in [-0.39, 0.29) is 38.1 Å². The summed E-state index contributed by atoms with van der Waals surface area (Å²) >= 11 is 23.4. The normalized spacial score (nSPS) is 10.4. The van der Waals surface area contributed by atoms with Crippen molar-refractivity contribution in [3.05, 3.63) is 79.8 Å². The molecule has 11 heteroatoms. The van der Waals surface area contributed by atoms with Crippen LogP contribution in [0.5, 0.6) is 17.2 Å². The van der Waals surface area contributed by atoms with E-state index < -0.39 is 4.92 Å². The van der Waals surface area contributed by atoms with Crippen LogP contribution in [-0.4, -0.2) is 15.1 Å². The number of non-ortho nitro benzene ring substituents is 1. The summed E-state index contributed by atoms with van der Waals surface area (Å²) in [5.41, 5.74) is 0.857. The van der Waals surface area contributed by atoms with Gasteiger partial charge < -0.3 is 20.5 Å². The van der Waals surface area contributed by atoms with Gasteiger partial charge in [0.25, 0.3) is 5.69 Å². The van der Waals surface area contributed by atoms with Crippen LogP contribution in [0.15, 0.2) is 54.6 Å². The van der Waals surface area contributed by atoms with E-state index in [1.807, 2.05) is 0 Å². The highest BCUT2D eigenvalue weighted by Gasteiger charge is 2.13. The Kier molecular flexibility index (Phi) is 6.84. The molecule has 0 amide bonds. The number of ether oxygens (including phenoxy) is 1. The van der Waals surface area contributed by atoms with E-state index in [2.05, 4.69) is 10.6 Å². The zero-order valence-electron chi connectivity index (χ0n) is 14.9. The van der Waals surface area contributed by atoms with Crippen LogP contribution < -0.4 is 15.4 Å². The van der Waals surface area contributed by atoms with Gasteiger partial charge in [0.05, 0.1) is 20.7 Å². The van der Waals surface area contributed by atoms with Gasteiger partial charge in [-0.15, -0.1) is 0 Å². The summed E-state index contributed by atoms with van der Waals surface area (Å²) in [6, 6.07) is 13.1. The monoisotopic (exact) mass is 483 g/mol. The molecule has 154 valence electrons. The molecule has 3 N–H and O–H groups in total. The van der Waals surface area contributed by atoms with Crippen molar-refractivity contribution >= 4 is 69.2 Å². The maximum absolute atomic E-state index is 10.7. The lowest BCUT2D eigenvalue weighted by atomic mass is 10.2. The van der Waals surface area contributed by atoms with Crippen molar-refractivity contribution in [2.75, 3.05) is 10.6 Å². The van der Waals surface area contributed by atoms with Gasteiger partial charge in [-0.25, -0.2) is 0 Å². The van der Waals surface area contributed by atoms with E-state index in [9.17, 15) is 15.2 Å². The van der Waals surface area contributed by atoms with Gasteiger partial charge in [-0.3, -0.25) is 10.1 Å².